The predicted molar refractivity (Wildman–Crippen MR) is 154 cm³/mol. The Hall–Kier alpha value is -3.71. The van der Waals surface area contributed by atoms with Gasteiger partial charge in [-0.25, -0.2) is 0 Å². The van der Waals surface area contributed by atoms with Crippen molar-refractivity contribution in [3.63, 3.8) is 0 Å². The second-order valence-corrected chi connectivity index (χ2v) is 10.3. The van der Waals surface area contributed by atoms with Crippen molar-refractivity contribution in [2.24, 2.45) is 0 Å². The maximum atomic E-state index is 13.3. The zero-order chi connectivity index (χ0) is 26.9. The maximum absolute atomic E-state index is 13.3. The molecule has 0 radical (unpaired) electrons. The van der Waals surface area contributed by atoms with Crippen LogP contribution in [-0.4, -0.2) is 34.4 Å². The Labute approximate surface area is 235 Å². The molecule has 1 aliphatic heterocycles. The van der Waals surface area contributed by atoms with Gasteiger partial charge in [0.05, 0.1) is 6.04 Å². The Bertz CT molecular complexity index is 1340. The fraction of sp³-hybridized carbons (Fsp3) is 0.250. The molecule has 7 heteroatoms. The molecule has 39 heavy (non-hydrogen) atoms. The molecule has 2 heterocycles. The number of carbonyl (C=O) groups is 1. The zero-order valence-corrected chi connectivity index (χ0v) is 22.6. The van der Waals surface area contributed by atoms with E-state index in [-0.39, 0.29) is 18.0 Å². The van der Waals surface area contributed by atoms with Gasteiger partial charge in [0.1, 0.15) is 12.4 Å². The van der Waals surface area contributed by atoms with E-state index in [0.29, 0.717) is 31.3 Å². The molecule has 4 aromatic rings. The van der Waals surface area contributed by atoms with Crippen molar-refractivity contribution >= 4 is 17.5 Å². The van der Waals surface area contributed by atoms with Crippen molar-refractivity contribution in [1.29, 1.82) is 0 Å². The van der Waals surface area contributed by atoms with Crippen LogP contribution in [-0.2, 0) is 31.0 Å². The molecule has 5 rings (SSSR count). The van der Waals surface area contributed by atoms with Crippen LogP contribution in [0.4, 0.5) is 0 Å². The van der Waals surface area contributed by atoms with Crippen LogP contribution in [0.3, 0.4) is 0 Å². The van der Waals surface area contributed by atoms with E-state index < -0.39 is 0 Å². The molecule has 0 aliphatic carbocycles. The van der Waals surface area contributed by atoms with E-state index in [4.69, 9.17) is 16.3 Å². The Kier molecular flexibility index (Phi) is 9.22. The van der Waals surface area contributed by atoms with Gasteiger partial charge in [-0.05, 0) is 59.0 Å². The van der Waals surface area contributed by atoms with Crippen molar-refractivity contribution in [1.82, 2.24) is 20.5 Å². The summed E-state index contributed by atoms with van der Waals surface area (Å²) < 4.78 is 6.01. The minimum absolute atomic E-state index is 0.0356. The number of carbonyl (C=O) groups excluding carboxylic acids is 1. The molecule has 3 aromatic carbocycles. The normalized spacial score (nSPS) is 17.2. The molecule has 1 amide bonds. The highest BCUT2D eigenvalue weighted by Gasteiger charge is 2.36. The van der Waals surface area contributed by atoms with E-state index >= 15 is 0 Å². The average molecular weight is 541 g/mol. The highest BCUT2D eigenvalue weighted by Crippen LogP contribution is 2.23. The van der Waals surface area contributed by atoms with Crippen molar-refractivity contribution in [2.45, 2.75) is 44.7 Å². The van der Waals surface area contributed by atoms with Crippen LogP contribution in [0.5, 0.6) is 5.75 Å². The van der Waals surface area contributed by atoms with Crippen molar-refractivity contribution in [3.8, 4) is 5.75 Å². The standard InChI is InChI=1S/C32H33ClN4O2/c33-28-13-11-24(12-14-28)21-37-22-29(17-31(37)32(38)36-20-27-9-5-15-34-18-27)35-19-26-8-4-10-30(16-26)39-23-25-6-2-1-3-7-25/h1-16,18,29,31,35H,17,19-23H2,(H,36,38)/t29-,31-/m0/s1. The summed E-state index contributed by atoms with van der Waals surface area (Å²) in [6, 6.07) is 30.0. The summed E-state index contributed by atoms with van der Waals surface area (Å²) in [6.45, 7) is 3.16. The Morgan fingerprint density at radius 2 is 1.69 bits per heavy atom. The molecule has 1 fully saturated rings. The third-order valence-electron chi connectivity index (χ3n) is 6.94. The van der Waals surface area contributed by atoms with Gasteiger partial charge in [-0.1, -0.05) is 72.3 Å². The Morgan fingerprint density at radius 3 is 2.49 bits per heavy atom. The van der Waals surface area contributed by atoms with Crippen LogP contribution >= 0.6 is 11.6 Å². The van der Waals surface area contributed by atoms with Gasteiger partial charge in [0, 0.05) is 49.6 Å². The van der Waals surface area contributed by atoms with E-state index in [2.05, 4.69) is 44.8 Å². The summed E-state index contributed by atoms with van der Waals surface area (Å²) in [4.78, 5) is 19.7. The molecule has 2 N–H and O–H groups in total. The fourth-order valence-electron chi connectivity index (χ4n) is 4.88. The molecular formula is C32H33ClN4O2. The molecule has 2 atom stereocenters. The summed E-state index contributed by atoms with van der Waals surface area (Å²) in [5.74, 6) is 0.884. The van der Waals surface area contributed by atoms with Gasteiger partial charge >= 0.3 is 0 Å². The van der Waals surface area contributed by atoms with Crippen LogP contribution in [0, 0.1) is 0 Å². The van der Waals surface area contributed by atoms with E-state index in [9.17, 15) is 4.79 Å². The van der Waals surface area contributed by atoms with Crippen LogP contribution in [0.25, 0.3) is 0 Å². The maximum Gasteiger partial charge on any atom is 0.237 e. The summed E-state index contributed by atoms with van der Waals surface area (Å²) in [5, 5.41) is 7.49. The number of nitrogens with zero attached hydrogens (tertiary/aromatic N) is 2. The molecule has 0 unspecified atom stereocenters. The number of likely N-dealkylation sites (tertiary alicyclic amines) is 1. The smallest absolute Gasteiger partial charge is 0.237 e. The van der Waals surface area contributed by atoms with Gasteiger partial charge in [0.25, 0.3) is 0 Å². The first-order chi connectivity index (χ1) is 19.1. The lowest BCUT2D eigenvalue weighted by molar-refractivity contribution is -0.125. The molecule has 200 valence electrons. The van der Waals surface area contributed by atoms with Gasteiger partial charge in [0.15, 0.2) is 0 Å². The molecule has 1 aromatic heterocycles. The third kappa shape index (κ3) is 7.90. The number of hydrogen-bond acceptors (Lipinski definition) is 5. The van der Waals surface area contributed by atoms with E-state index in [1.54, 1.807) is 12.4 Å². The van der Waals surface area contributed by atoms with Crippen LogP contribution in [0.2, 0.25) is 5.02 Å². The summed E-state index contributed by atoms with van der Waals surface area (Å²) in [5.41, 5.74) is 4.40. The van der Waals surface area contributed by atoms with Crippen molar-refractivity contribution < 1.29 is 9.53 Å². The minimum atomic E-state index is -0.226. The lowest BCUT2D eigenvalue weighted by Crippen LogP contribution is -2.42. The highest BCUT2D eigenvalue weighted by molar-refractivity contribution is 6.30. The molecule has 0 saturated carbocycles. The van der Waals surface area contributed by atoms with Gasteiger partial charge in [-0.3, -0.25) is 14.7 Å². The van der Waals surface area contributed by atoms with Gasteiger partial charge in [0.2, 0.25) is 5.91 Å². The first-order valence-electron chi connectivity index (χ1n) is 13.3. The summed E-state index contributed by atoms with van der Waals surface area (Å²) >= 11 is 6.09. The van der Waals surface area contributed by atoms with E-state index in [1.165, 1.54) is 0 Å². The zero-order valence-electron chi connectivity index (χ0n) is 21.8. The number of nitrogens with one attached hydrogen (secondary N) is 2. The molecule has 0 spiro atoms. The average Bonchev–Trinajstić information content (AvgIpc) is 3.39. The lowest BCUT2D eigenvalue weighted by Gasteiger charge is -2.23. The largest absolute Gasteiger partial charge is 0.489 e. The summed E-state index contributed by atoms with van der Waals surface area (Å²) in [7, 11) is 0. The molecule has 0 bridgehead atoms. The number of halogens is 1. The van der Waals surface area contributed by atoms with Crippen molar-refractivity contribution in [3.05, 3.63) is 131 Å². The van der Waals surface area contributed by atoms with Gasteiger partial charge < -0.3 is 15.4 Å². The quantitative estimate of drug-likeness (QED) is 0.268. The lowest BCUT2D eigenvalue weighted by atomic mass is 10.1. The minimum Gasteiger partial charge on any atom is -0.489 e. The number of rotatable bonds is 11. The van der Waals surface area contributed by atoms with Gasteiger partial charge in [-0.15, -0.1) is 0 Å². The Morgan fingerprint density at radius 1 is 0.897 bits per heavy atom. The van der Waals surface area contributed by atoms with E-state index in [0.717, 1.165) is 41.0 Å². The fourth-order valence-corrected chi connectivity index (χ4v) is 5.01. The SMILES string of the molecule is O=C(NCc1cccnc1)[C@@H]1C[C@H](NCc2cccc(OCc3ccccc3)c2)CN1Cc1ccc(Cl)cc1. The summed E-state index contributed by atoms with van der Waals surface area (Å²) in [6.07, 6.45) is 4.25. The second kappa shape index (κ2) is 13.4. The number of benzene rings is 3. The number of pyridine rings is 1. The molecular weight excluding hydrogens is 508 g/mol. The topological polar surface area (TPSA) is 66.5 Å². The van der Waals surface area contributed by atoms with E-state index in [1.807, 2.05) is 66.7 Å². The number of ether oxygens (including phenoxy) is 1. The molecule has 6 nitrogen and oxygen atoms in total. The monoisotopic (exact) mass is 540 g/mol. The molecule has 1 aliphatic rings. The number of hydrogen-bond donors (Lipinski definition) is 2. The second-order valence-electron chi connectivity index (χ2n) is 9.89. The highest BCUT2D eigenvalue weighted by atomic mass is 35.5. The first-order valence-corrected chi connectivity index (χ1v) is 13.6. The van der Waals surface area contributed by atoms with Gasteiger partial charge in [-0.2, -0.15) is 0 Å². The van der Waals surface area contributed by atoms with Crippen LogP contribution in [0.15, 0.2) is 103 Å². The third-order valence-corrected chi connectivity index (χ3v) is 7.19. The predicted octanol–water partition coefficient (Wildman–Crippen LogP) is 5.36. The van der Waals surface area contributed by atoms with Crippen LogP contribution in [0.1, 0.15) is 28.7 Å². The first kappa shape index (κ1) is 26.9. The molecule has 1 saturated heterocycles. The Balaban J connectivity index is 1.20. The van der Waals surface area contributed by atoms with Crippen molar-refractivity contribution in [2.75, 3.05) is 6.54 Å². The van der Waals surface area contributed by atoms with Crippen LogP contribution < -0.4 is 15.4 Å². The number of aromatic nitrogens is 1. The number of amides is 1.